The molecule has 0 bridgehead atoms. The third-order valence-corrected chi connectivity index (χ3v) is 4.18. The van der Waals surface area contributed by atoms with E-state index in [9.17, 15) is 9.59 Å². The lowest BCUT2D eigenvalue weighted by Gasteiger charge is -2.10. The zero-order valence-corrected chi connectivity index (χ0v) is 13.6. The van der Waals surface area contributed by atoms with Gasteiger partial charge in [0.1, 0.15) is 11.1 Å². The van der Waals surface area contributed by atoms with E-state index < -0.39 is 5.63 Å². The molecule has 0 unspecified atom stereocenters. The quantitative estimate of drug-likeness (QED) is 0.429. The second kappa shape index (κ2) is 5.91. The summed E-state index contributed by atoms with van der Waals surface area (Å²) in [7, 11) is 0. The predicted molar refractivity (Wildman–Crippen MR) is 99.7 cm³/mol. The van der Waals surface area contributed by atoms with Crippen LogP contribution in [0, 0.1) is 0 Å². The van der Waals surface area contributed by atoms with Gasteiger partial charge in [0.25, 0.3) is 0 Å². The fourth-order valence-electron chi connectivity index (χ4n) is 2.94. The van der Waals surface area contributed by atoms with E-state index in [0.717, 1.165) is 22.1 Å². The molecule has 25 heavy (non-hydrogen) atoms. The van der Waals surface area contributed by atoms with E-state index in [1.54, 1.807) is 12.1 Å². The number of anilines is 2. The van der Waals surface area contributed by atoms with Crippen LogP contribution in [0.5, 0.6) is 0 Å². The number of hydrogen-bond donors (Lipinski definition) is 1. The highest BCUT2D eigenvalue weighted by molar-refractivity contribution is 5.98. The number of fused-ring (bicyclic) bond motifs is 2. The zero-order chi connectivity index (χ0) is 17.4. The van der Waals surface area contributed by atoms with Crippen molar-refractivity contribution in [1.29, 1.82) is 0 Å². The van der Waals surface area contributed by atoms with E-state index in [-0.39, 0.29) is 11.3 Å². The lowest BCUT2D eigenvalue weighted by Crippen LogP contribution is -2.10. The van der Waals surface area contributed by atoms with Gasteiger partial charge in [-0.25, -0.2) is 4.79 Å². The molecule has 0 atom stereocenters. The third-order valence-electron chi connectivity index (χ3n) is 4.18. The van der Waals surface area contributed by atoms with Crippen LogP contribution < -0.4 is 10.9 Å². The summed E-state index contributed by atoms with van der Waals surface area (Å²) in [5.74, 6) is -0.303. The minimum absolute atomic E-state index is 0.0646. The van der Waals surface area contributed by atoms with Gasteiger partial charge in [0.15, 0.2) is 5.78 Å². The highest BCUT2D eigenvalue weighted by Gasteiger charge is 2.10. The number of carbonyl (C=O) groups excluding carboxylic acids is 1. The molecule has 122 valence electrons. The Morgan fingerprint density at radius 1 is 0.920 bits per heavy atom. The first-order valence-electron chi connectivity index (χ1n) is 7.95. The van der Waals surface area contributed by atoms with Gasteiger partial charge in [-0.1, -0.05) is 36.4 Å². The van der Waals surface area contributed by atoms with E-state index in [4.69, 9.17) is 4.42 Å². The molecular weight excluding hydrogens is 314 g/mol. The fourth-order valence-corrected chi connectivity index (χ4v) is 2.94. The van der Waals surface area contributed by atoms with Gasteiger partial charge in [-0.3, -0.25) is 4.79 Å². The minimum Gasteiger partial charge on any atom is -0.422 e. The summed E-state index contributed by atoms with van der Waals surface area (Å²) in [6.07, 6.45) is 0. The van der Waals surface area contributed by atoms with Gasteiger partial charge < -0.3 is 9.73 Å². The van der Waals surface area contributed by atoms with E-state index in [0.29, 0.717) is 11.0 Å². The molecule has 4 rings (SSSR count). The number of benzene rings is 3. The van der Waals surface area contributed by atoms with Gasteiger partial charge in [0, 0.05) is 22.1 Å². The Bertz CT molecular complexity index is 1170. The second-order valence-corrected chi connectivity index (χ2v) is 5.91. The molecule has 4 aromatic rings. The lowest BCUT2D eigenvalue weighted by atomic mass is 10.1. The first-order chi connectivity index (χ1) is 12.1. The summed E-state index contributed by atoms with van der Waals surface area (Å²) in [6, 6.07) is 21.2. The van der Waals surface area contributed by atoms with Crippen LogP contribution in [-0.2, 0) is 0 Å². The van der Waals surface area contributed by atoms with Gasteiger partial charge in [0.05, 0.1) is 0 Å². The van der Waals surface area contributed by atoms with Crippen molar-refractivity contribution < 1.29 is 9.21 Å². The molecule has 0 spiro atoms. The first kappa shape index (κ1) is 15.1. The molecule has 4 heteroatoms. The molecule has 0 amide bonds. The summed E-state index contributed by atoms with van der Waals surface area (Å²) < 4.78 is 5.23. The lowest BCUT2D eigenvalue weighted by molar-refractivity contribution is 0.101. The number of ketones is 1. The maximum absolute atomic E-state index is 11.8. The molecule has 1 aromatic heterocycles. The Kier molecular flexibility index (Phi) is 3.58. The molecule has 0 aliphatic carbocycles. The van der Waals surface area contributed by atoms with Gasteiger partial charge >= 0.3 is 5.63 Å². The fraction of sp³-hybridized carbons (Fsp3) is 0.0476. The zero-order valence-electron chi connectivity index (χ0n) is 13.6. The Hall–Kier alpha value is -3.40. The number of hydrogen-bond acceptors (Lipinski definition) is 4. The van der Waals surface area contributed by atoms with Crippen LogP contribution in [0.1, 0.15) is 17.3 Å². The van der Waals surface area contributed by atoms with Crippen molar-refractivity contribution in [3.63, 3.8) is 0 Å². The van der Waals surface area contributed by atoms with Crippen molar-refractivity contribution in [2.75, 3.05) is 5.32 Å². The molecule has 1 N–H and O–H groups in total. The first-order valence-corrected chi connectivity index (χ1v) is 7.95. The van der Waals surface area contributed by atoms with E-state index in [1.165, 1.54) is 6.92 Å². The van der Waals surface area contributed by atoms with Crippen molar-refractivity contribution in [3.05, 3.63) is 82.7 Å². The van der Waals surface area contributed by atoms with Crippen LogP contribution in [-0.4, -0.2) is 5.78 Å². The van der Waals surface area contributed by atoms with Crippen molar-refractivity contribution in [2.24, 2.45) is 0 Å². The Balaban J connectivity index is 1.80. The molecular formula is C21H15NO3. The Morgan fingerprint density at radius 3 is 2.56 bits per heavy atom. The largest absolute Gasteiger partial charge is 0.422 e. The topological polar surface area (TPSA) is 59.3 Å². The van der Waals surface area contributed by atoms with Crippen LogP contribution in [0.3, 0.4) is 0 Å². The third kappa shape index (κ3) is 2.78. The molecule has 0 aliphatic heterocycles. The normalized spacial score (nSPS) is 10.9. The number of carbonyl (C=O) groups is 1. The average Bonchev–Trinajstić information content (AvgIpc) is 2.61. The smallest absolute Gasteiger partial charge is 0.347 e. The van der Waals surface area contributed by atoms with Gasteiger partial charge in [-0.15, -0.1) is 0 Å². The molecule has 1 heterocycles. The molecule has 0 fully saturated rings. The number of Topliss-reactive ketones (excluding diaryl/α,β-unsaturated/α-hetero) is 1. The van der Waals surface area contributed by atoms with E-state index in [1.807, 2.05) is 36.4 Å². The van der Waals surface area contributed by atoms with Crippen molar-refractivity contribution >= 4 is 38.9 Å². The summed E-state index contributed by atoms with van der Waals surface area (Å²) >= 11 is 0. The van der Waals surface area contributed by atoms with Crippen molar-refractivity contribution in [2.45, 2.75) is 6.92 Å². The summed E-state index contributed by atoms with van der Waals surface area (Å²) in [6.45, 7) is 1.36. The molecule has 0 aliphatic rings. The summed E-state index contributed by atoms with van der Waals surface area (Å²) in [5, 5.41) is 6.37. The standard InChI is InChI=1S/C21H15NO3/c1-13(23)18-12-15-11-16(9-10-20(15)25-21(18)24)22-19-8-4-6-14-5-2-3-7-17(14)19/h2-12,22H,1H3. The summed E-state index contributed by atoms with van der Waals surface area (Å²) in [4.78, 5) is 23.4. The van der Waals surface area contributed by atoms with Gasteiger partial charge in [-0.2, -0.15) is 0 Å². The van der Waals surface area contributed by atoms with Gasteiger partial charge in [-0.05, 0) is 42.6 Å². The highest BCUT2D eigenvalue weighted by atomic mass is 16.4. The van der Waals surface area contributed by atoms with Crippen LogP contribution in [0.15, 0.2) is 75.9 Å². The van der Waals surface area contributed by atoms with Crippen LogP contribution in [0.4, 0.5) is 11.4 Å². The molecule has 0 radical (unpaired) electrons. The maximum Gasteiger partial charge on any atom is 0.347 e. The monoisotopic (exact) mass is 329 g/mol. The Labute approximate surface area is 143 Å². The number of nitrogens with one attached hydrogen (secondary N) is 1. The second-order valence-electron chi connectivity index (χ2n) is 5.91. The van der Waals surface area contributed by atoms with Crippen molar-refractivity contribution in [3.8, 4) is 0 Å². The molecule has 0 saturated heterocycles. The molecule has 3 aromatic carbocycles. The van der Waals surface area contributed by atoms with Crippen LogP contribution in [0.25, 0.3) is 21.7 Å². The molecule has 0 saturated carbocycles. The maximum atomic E-state index is 11.8. The minimum atomic E-state index is -0.602. The van der Waals surface area contributed by atoms with E-state index >= 15 is 0 Å². The number of rotatable bonds is 3. The van der Waals surface area contributed by atoms with Crippen LogP contribution in [0.2, 0.25) is 0 Å². The van der Waals surface area contributed by atoms with Crippen molar-refractivity contribution in [1.82, 2.24) is 0 Å². The SMILES string of the molecule is CC(=O)c1cc2cc(Nc3cccc4ccccc34)ccc2oc1=O. The Morgan fingerprint density at radius 2 is 1.72 bits per heavy atom. The highest BCUT2D eigenvalue weighted by Crippen LogP contribution is 2.28. The van der Waals surface area contributed by atoms with Gasteiger partial charge in [0.2, 0.25) is 0 Å². The summed E-state index contributed by atoms with van der Waals surface area (Å²) in [5.41, 5.74) is 1.76. The van der Waals surface area contributed by atoms with Crippen LogP contribution >= 0.6 is 0 Å². The predicted octanol–water partition coefficient (Wildman–Crippen LogP) is 4.89. The average molecular weight is 329 g/mol. The molecule has 4 nitrogen and oxygen atoms in total. The van der Waals surface area contributed by atoms with E-state index in [2.05, 4.69) is 23.5 Å².